The Balaban J connectivity index is 1.38. The molecule has 0 bridgehead atoms. The molecule has 0 fully saturated rings. The van der Waals surface area contributed by atoms with Gasteiger partial charge in [0, 0.05) is 29.6 Å². The van der Waals surface area contributed by atoms with Crippen molar-refractivity contribution in [1.82, 2.24) is 15.7 Å². The number of hydrogen-bond donors (Lipinski definition) is 3. The molecule has 1 heterocycles. The molecule has 4 rings (SSSR count). The number of hydroxylamine groups is 1. The van der Waals surface area contributed by atoms with Crippen LogP contribution >= 0.6 is 0 Å². The van der Waals surface area contributed by atoms with Crippen LogP contribution in [0, 0.1) is 0 Å². The molecule has 0 radical (unpaired) electrons. The number of hydrogen-bond acceptors (Lipinski definition) is 6. The van der Waals surface area contributed by atoms with Gasteiger partial charge in [0.2, 0.25) is 0 Å². The molecule has 0 unspecified atom stereocenters. The lowest BCUT2D eigenvalue weighted by molar-refractivity contribution is 0.0706. The molecule has 1 aromatic heterocycles. The van der Waals surface area contributed by atoms with Crippen LogP contribution in [0.2, 0.25) is 0 Å². The summed E-state index contributed by atoms with van der Waals surface area (Å²) in [5.74, 6) is -0.0612. The largest absolute Gasteiger partial charge is 0.492 e. The third-order valence-electron chi connectivity index (χ3n) is 5.50. The van der Waals surface area contributed by atoms with E-state index in [4.69, 9.17) is 14.4 Å². The first-order valence-electron chi connectivity index (χ1n) is 11.2. The number of para-hydroxylation sites is 1. The van der Waals surface area contributed by atoms with Crippen molar-refractivity contribution in [3.8, 4) is 5.75 Å². The number of carbonyl (C=O) groups excluding carboxylic acids is 2. The molecule has 0 spiro atoms. The van der Waals surface area contributed by atoms with Gasteiger partial charge in [-0.25, -0.2) is 5.48 Å². The Morgan fingerprint density at radius 1 is 0.914 bits per heavy atom. The number of nitrogens with zero attached hydrogens (tertiary/aromatic N) is 1. The second-order valence-corrected chi connectivity index (χ2v) is 8.13. The predicted molar refractivity (Wildman–Crippen MR) is 131 cm³/mol. The molecule has 8 heteroatoms. The molecule has 3 N–H and O–H groups in total. The van der Waals surface area contributed by atoms with Gasteiger partial charge in [0.1, 0.15) is 17.9 Å². The molecule has 0 saturated carbocycles. The van der Waals surface area contributed by atoms with E-state index in [0.29, 0.717) is 29.2 Å². The van der Waals surface area contributed by atoms with E-state index in [1.54, 1.807) is 17.6 Å². The lowest BCUT2D eigenvalue weighted by Gasteiger charge is -2.17. The van der Waals surface area contributed by atoms with Crippen LogP contribution in [0.15, 0.2) is 83.3 Å². The molecule has 0 aliphatic heterocycles. The zero-order chi connectivity index (χ0) is 24.6. The summed E-state index contributed by atoms with van der Waals surface area (Å²) in [5.41, 5.74) is 4.59. The monoisotopic (exact) mass is 473 g/mol. The van der Waals surface area contributed by atoms with Crippen molar-refractivity contribution in [1.29, 1.82) is 0 Å². The summed E-state index contributed by atoms with van der Waals surface area (Å²) in [6, 6.07) is 24.1. The first kappa shape index (κ1) is 24.0. The maximum Gasteiger partial charge on any atom is 0.287 e. The normalized spacial score (nSPS) is 10.9. The Hall–Kier alpha value is -4.14. The quantitative estimate of drug-likeness (QED) is 0.183. The van der Waals surface area contributed by atoms with Crippen LogP contribution in [-0.2, 0) is 13.1 Å². The standard InChI is InChI=1S/C27H27N3O5/c1-30(17-19-7-3-2-4-8-19)18-23-22-9-5-6-10-24(22)35-25(23)27(32)28-15-16-34-21-13-11-20(12-14-21)26(31)29-33/h2-14,33H,15-18H2,1H3,(H,28,32)(H,29,31). The molecule has 0 aliphatic carbocycles. The maximum atomic E-state index is 13.0. The first-order chi connectivity index (χ1) is 17.0. The zero-order valence-corrected chi connectivity index (χ0v) is 19.4. The van der Waals surface area contributed by atoms with Crippen LogP contribution in [0.1, 0.15) is 32.0 Å². The van der Waals surface area contributed by atoms with Gasteiger partial charge >= 0.3 is 0 Å². The molecular weight excluding hydrogens is 446 g/mol. The molecule has 0 atom stereocenters. The van der Waals surface area contributed by atoms with Crippen LogP contribution < -0.4 is 15.5 Å². The number of nitrogens with one attached hydrogen (secondary N) is 2. The van der Waals surface area contributed by atoms with Gasteiger partial charge < -0.3 is 14.5 Å². The summed E-state index contributed by atoms with van der Waals surface area (Å²) in [6.07, 6.45) is 0. The maximum absolute atomic E-state index is 13.0. The lowest BCUT2D eigenvalue weighted by atomic mass is 10.1. The van der Waals surface area contributed by atoms with Crippen molar-refractivity contribution >= 4 is 22.8 Å². The van der Waals surface area contributed by atoms with Gasteiger partial charge in [-0.3, -0.25) is 19.7 Å². The van der Waals surface area contributed by atoms with Crippen molar-refractivity contribution in [2.24, 2.45) is 0 Å². The van der Waals surface area contributed by atoms with Crippen LogP contribution in [-0.4, -0.2) is 42.1 Å². The van der Waals surface area contributed by atoms with Gasteiger partial charge in [-0.1, -0.05) is 48.5 Å². The van der Waals surface area contributed by atoms with E-state index < -0.39 is 5.91 Å². The number of rotatable bonds is 10. The van der Waals surface area contributed by atoms with E-state index in [1.807, 2.05) is 49.5 Å². The van der Waals surface area contributed by atoms with Crippen molar-refractivity contribution in [3.05, 3.63) is 101 Å². The number of ether oxygens (including phenoxy) is 1. The summed E-state index contributed by atoms with van der Waals surface area (Å²) in [5, 5.41) is 12.5. The molecule has 35 heavy (non-hydrogen) atoms. The molecule has 0 aliphatic rings. The van der Waals surface area contributed by atoms with Gasteiger partial charge in [0.25, 0.3) is 11.8 Å². The SMILES string of the molecule is CN(Cc1ccccc1)Cc1c(C(=O)NCCOc2ccc(C(=O)NO)cc2)oc2ccccc12. The lowest BCUT2D eigenvalue weighted by Crippen LogP contribution is -2.29. The van der Waals surface area contributed by atoms with Crippen molar-refractivity contribution in [3.63, 3.8) is 0 Å². The smallest absolute Gasteiger partial charge is 0.287 e. The molecule has 180 valence electrons. The summed E-state index contributed by atoms with van der Waals surface area (Å²) >= 11 is 0. The van der Waals surface area contributed by atoms with Crippen LogP contribution in [0.25, 0.3) is 11.0 Å². The second kappa shape index (κ2) is 11.3. The van der Waals surface area contributed by atoms with E-state index in [-0.39, 0.29) is 19.1 Å². The third kappa shape index (κ3) is 6.06. The number of amides is 2. The highest BCUT2D eigenvalue weighted by Gasteiger charge is 2.21. The van der Waals surface area contributed by atoms with Crippen LogP contribution in [0.5, 0.6) is 5.75 Å². The van der Waals surface area contributed by atoms with E-state index in [9.17, 15) is 9.59 Å². The van der Waals surface area contributed by atoms with Gasteiger partial charge in [0.15, 0.2) is 5.76 Å². The highest BCUT2D eigenvalue weighted by molar-refractivity contribution is 5.99. The number of carbonyl (C=O) groups is 2. The Morgan fingerprint density at radius 2 is 1.63 bits per heavy atom. The Kier molecular flexibility index (Phi) is 7.77. The summed E-state index contributed by atoms with van der Waals surface area (Å²) in [7, 11) is 2.01. The van der Waals surface area contributed by atoms with Gasteiger partial charge in [-0.2, -0.15) is 0 Å². The fourth-order valence-electron chi connectivity index (χ4n) is 3.84. The predicted octanol–water partition coefficient (Wildman–Crippen LogP) is 3.99. The highest BCUT2D eigenvalue weighted by Crippen LogP contribution is 2.27. The minimum atomic E-state index is -0.597. The zero-order valence-electron chi connectivity index (χ0n) is 19.4. The molecule has 8 nitrogen and oxygen atoms in total. The van der Waals surface area contributed by atoms with Gasteiger partial charge in [0.05, 0.1) is 6.54 Å². The number of benzene rings is 3. The Morgan fingerprint density at radius 3 is 2.37 bits per heavy atom. The third-order valence-corrected chi connectivity index (χ3v) is 5.50. The van der Waals surface area contributed by atoms with E-state index >= 15 is 0 Å². The molecule has 4 aromatic rings. The average molecular weight is 474 g/mol. The molecule has 2 amide bonds. The fourth-order valence-corrected chi connectivity index (χ4v) is 3.84. The van der Waals surface area contributed by atoms with Crippen molar-refractivity contribution in [2.45, 2.75) is 13.1 Å². The van der Waals surface area contributed by atoms with E-state index in [0.717, 1.165) is 17.5 Å². The average Bonchev–Trinajstić information content (AvgIpc) is 3.25. The van der Waals surface area contributed by atoms with Crippen molar-refractivity contribution in [2.75, 3.05) is 20.2 Å². The van der Waals surface area contributed by atoms with E-state index in [1.165, 1.54) is 17.7 Å². The second-order valence-electron chi connectivity index (χ2n) is 8.13. The highest BCUT2D eigenvalue weighted by atomic mass is 16.5. The number of fused-ring (bicyclic) bond motifs is 1. The fraction of sp³-hybridized carbons (Fsp3) is 0.185. The van der Waals surface area contributed by atoms with Gasteiger partial charge in [-0.05, 0) is 42.9 Å². The minimum Gasteiger partial charge on any atom is -0.492 e. The molecule has 3 aromatic carbocycles. The Labute approximate surface area is 203 Å². The molecular formula is C27H27N3O5. The Bertz CT molecular complexity index is 1290. The molecule has 0 saturated heterocycles. The van der Waals surface area contributed by atoms with Crippen LogP contribution in [0.3, 0.4) is 0 Å². The first-order valence-corrected chi connectivity index (χ1v) is 11.2. The van der Waals surface area contributed by atoms with Crippen molar-refractivity contribution < 1.29 is 24.0 Å². The van der Waals surface area contributed by atoms with Gasteiger partial charge in [-0.15, -0.1) is 0 Å². The topological polar surface area (TPSA) is 104 Å². The van der Waals surface area contributed by atoms with Crippen LogP contribution in [0.4, 0.5) is 0 Å². The summed E-state index contributed by atoms with van der Waals surface area (Å²) < 4.78 is 11.6. The summed E-state index contributed by atoms with van der Waals surface area (Å²) in [6.45, 7) is 1.81. The summed E-state index contributed by atoms with van der Waals surface area (Å²) in [4.78, 5) is 26.5. The van der Waals surface area contributed by atoms with E-state index in [2.05, 4.69) is 22.3 Å². The minimum absolute atomic E-state index is 0.237. The number of furan rings is 1.